The van der Waals surface area contributed by atoms with E-state index in [4.69, 9.17) is 34.8 Å². The molecule has 1 atom stereocenters. The lowest BCUT2D eigenvalue weighted by Crippen LogP contribution is -1.93. The zero-order valence-corrected chi connectivity index (χ0v) is 12.5. The lowest BCUT2D eigenvalue weighted by atomic mass is 10.0. The standard InChI is InChI=1S/C13H8BrCl3/c14-10-5-9(6-12(16)7-10)13(17)8-1-3-11(15)4-2-8/h1-7,13H. The molecule has 1 unspecified atom stereocenters. The Kier molecular flexibility index (Phi) is 4.37. The van der Waals surface area contributed by atoms with Crippen LogP contribution in [0.4, 0.5) is 0 Å². The Hall–Kier alpha value is -0.210. The number of hydrogen-bond acceptors (Lipinski definition) is 0. The van der Waals surface area contributed by atoms with Crippen molar-refractivity contribution in [3.8, 4) is 0 Å². The van der Waals surface area contributed by atoms with Gasteiger partial charge in [-0.05, 0) is 41.5 Å². The molecular formula is C13H8BrCl3. The highest BCUT2D eigenvalue weighted by Crippen LogP contribution is 2.32. The molecule has 2 rings (SSSR count). The van der Waals surface area contributed by atoms with Gasteiger partial charge in [0.05, 0.1) is 5.38 Å². The lowest BCUT2D eigenvalue weighted by Gasteiger charge is -2.11. The fraction of sp³-hybridized carbons (Fsp3) is 0.0769. The fourth-order valence-electron chi connectivity index (χ4n) is 1.55. The molecule has 2 aromatic carbocycles. The normalized spacial score (nSPS) is 12.5. The molecular weight excluding hydrogens is 342 g/mol. The first-order valence-corrected chi connectivity index (χ1v) is 6.90. The summed E-state index contributed by atoms with van der Waals surface area (Å²) < 4.78 is 0.916. The number of alkyl halides is 1. The Morgan fingerprint density at radius 2 is 1.47 bits per heavy atom. The predicted molar refractivity (Wildman–Crippen MR) is 78.3 cm³/mol. The van der Waals surface area contributed by atoms with E-state index in [1.165, 1.54) is 0 Å². The summed E-state index contributed by atoms with van der Waals surface area (Å²) in [4.78, 5) is 0. The van der Waals surface area contributed by atoms with Gasteiger partial charge in [-0.2, -0.15) is 0 Å². The molecule has 0 aliphatic rings. The maximum absolute atomic E-state index is 6.41. The first-order valence-electron chi connectivity index (χ1n) is 4.92. The van der Waals surface area contributed by atoms with Crippen LogP contribution in [-0.4, -0.2) is 0 Å². The van der Waals surface area contributed by atoms with E-state index >= 15 is 0 Å². The SMILES string of the molecule is Clc1ccc(C(Cl)c2cc(Cl)cc(Br)c2)cc1. The van der Waals surface area contributed by atoms with Crippen LogP contribution in [0.15, 0.2) is 46.9 Å². The number of rotatable bonds is 2. The maximum Gasteiger partial charge on any atom is 0.0836 e. The van der Waals surface area contributed by atoms with Crippen LogP contribution in [0.3, 0.4) is 0 Å². The van der Waals surface area contributed by atoms with Crippen molar-refractivity contribution in [2.24, 2.45) is 0 Å². The Labute approximate surface area is 124 Å². The summed E-state index contributed by atoms with van der Waals surface area (Å²) in [6, 6.07) is 13.1. The minimum atomic E-state index is -0.234. The average molecular weight is 350 g/mol. The van der Waals surface area contributed by atoms with Crippen LogP contribution in [0, 0.1) is 0 Å². The molecule has 0 saturated heterocycles. The molecule has 0 spiro atoms. The second kappa shape index (κ2) is 5.62. The van der Waals surface area contributed by atoms with E-state index in [-0.39, 0.29) is 5.38 Å². The van der Waals surface area contributed by atoms with Gasteiger partial charge < -0.3 is 0 Å². The summed E-state index contributed by atoms with van der Waals surface area (Å²) in [5.41, 5.74) is 1.94. The molecule has 4 heteroatoms. The van der Waals surface area contributed by atoms with Crippen LogP contribution in [0.1, 0.15) is 16.5 Å². The smallest absolute Gasteiger partial charge is 0.0836 e. The van der Waals surface area contributed by atoms with Crippen molar-refractivity contribution in [3.63, 3.8) is 0 Å². The van der Waals surface area contributed by atoms with Crippen molar-refractivity contribution in [2.75, 3.05) is 0 Å². The molecule has 0 nitrogen and oxygen atoms in total. The van der Waals surface area contributed by atoms with E-state index in [0.717, 1.165) is 15.6 Å². The van der Waals surface area contributed by atoms with E-state index in [0.29, 0.717) is 10.0 Å². The second-order valence-corrected chi connectivity index (χ2v) is 5.84. The minimum Gasteiger partial charge on any atom is -0.113 e. The van der Waals surface area contributed by atoms with Gasteiger partial charge in [0.2, 0.25) is 0 Å². The summed E-state index contributed by atoms with van der Waals surface area (Å²) in [7, 11) is 0. The van der Waals surface area contributed by atoms with Gasteiger partial charge in [-0.15, -0.1) is 11.6 Å². The largest absolute Gasteiger partial charge is 0.113 e. The van der Waals surface area contributed by atoms with Crippen LogP contribution < -0.4 is 0 Å². The van der Waals surface area contributed by atoms with Crippen molar-refractivity contribution in [1.82, 2.24) is 0 Å². The molecule has 0 aromatic heterocycles. The first kappa shape index (κ1) is 13.2. The Bertz CT molecular complexity index is 502. The van der Waals surface area contributed by atoms with E-state index in [1.54, 1.807) is 0 Å². The van der Waals surface area contributed by atoms with Crippen LogP contribution in [-0.2, 0) is 0 Å². The molecule has 0 bridgehead atoms. The van der Waals surface area contributed by atoms with Crippen molar-refractivity contribution < 1.29 is 0 Å². The Morgan fingerprint density at radius 3 is 2.06 bits per heavy atom. The molecule has 0 amide bonds. The highest BCUT2D eigenvalue weighted by molar-refractivity contribution is 9.10. The molecule has 0 N–H and O–H groups in total. The highest BCUT2D eigenvalue weighted by atomic mass is 79.9. The zero-order chi connectivity index (χ0) is 12.4. The highest BCUT2D eigenvalue weighted by Gasteiger charge is 2.12. The molecule has 88 valence electrons. The average Bonchev–Trinajstić information content (AvgIpc) is 2.28. The summed E-state index contributed by atoms with van der Waals surface area (Å²) in [5, 5.41) is 1.13. The van der Waals surface area contributed by atoms with E-state index < -0.39 is 0 Å². The first-order chi connectivity index (χ1) is 8.06. The molecule has 2 aromatic rings. The quantitative estimate of drug-likeness (QED) is 0.575. The molecule has 0 radical (unpaired) electrons. The van der Waals surface area contributed by atoms with Crippen molar-refractivity contribution in [1.29, 1.82) is 0 Å². The van der Waals surface area contributed by atoms with Gasteiger partial charge in [-0.25, -0.2) is 0 Å². The molecule has 0 aliphatic heterocycles. The lowest BCUT2D eigenvalue weighted by molar-refractivity contribution is 1.14. The van der Waals surface area contributed by atoms with Gasteiger partial charge >= 0.3 is 0 Å². The molecule has 0 heterocycles. The third-order valence-corrected chi connectivity index (χ3v) is 3.77. The molecule has 0 fully saturated rings. The van der Waals surface area contributed by atoms with Crippen molar-refractivity contribution >= 4 is 50.7 Å². The minimum absolute atomic E-state index is 0.234. The van der Waals surface area contributed by atoms with Gasteiger partial charge in [-0.3, -0.25) is 0 Å². The van der Waals surface area contributed by atoms with E-state index in [2.05, 4.69) is 15.9 Å². The third-order valence-electron chi connectivity index (χ3n) is 2.34. The monoisotopic (exact) mass is 348 g/mol. The summed E-state index contributed by atoms with van der Waals surface area (Å²) in [5.74, 6) is 0. The van der Waals surface area contributed by atoms with Gasteiger partial charge in [0.15, 0.2) is 0 Å². The van der Waals surface area contributed by atoms with Crippen LogP contribution in [0.25, 0.3) is 0 Å². The van der Waals surface area contributed by atoms with Crippen molar-refractivity contribution in [3.05, 3.63) is 68.1 Å². The van der Waals surface area contributed by atoms with E-state index in [9.17, 15) is 0 Å². The Morgan fingerprint density at radius 1 is 0.824 bits per heavy atom. The predicted octanol–water partition coefficient (Wildman–Crippen LogP) is 6.08. The van der Waals surface area contributed by atoms with E-state index in [1.807, 2.05) is 42.5 Å². The van der Waals surface area contributed by atoms with Gasteiger partial charge in [0, 0.05) is 14.5 Å². The van der Waals surface area contributed by atoms with Gasteiger partial charge in [0.1, 0.15) is 0 Å². The molecule has 0 saturated carbocycles. The summed E-state index contributed by atoms with van der Waals surface area (Å²) >= 11 is 21.6. The fourth-order valence-corrected chi connectivity index (χ4v) is 2.83. The number of halogens is 4. The summed E-state index contributed by atoms with van der Waals surface area (Å²) in [6.45, 7) is 0. The molecule has 17 heavy (non-hydrogen) atoms. The second-order valence-electron chi connectivity index (χ2n) is 3.62. The maximum atomic E-state index is 6.41. The van der Waals surface area contributed by atoms with Crippen LogP contribution >= 0.6 is 50.7 Å². The Balaban J connectivity index is 2.36. The third kappa shape index (κ3) is 3.38. The topological polar surface area (TPSA) is 0 Å². The molecule has 0 aliphatic carbocycles. The van der Waals surface area contributed by atoms with Crippen LogP contribution in [0.2, 0.25) is 10.0 Å². The number of benzene rings is 2. The summed E-state index contributed by atoms with van der Waals surface area (Å²) in [6.07, 6.45) is 0. The van der Waals surface area contributed by atoms with Crippen molar-refractivity contribution in [2.45, 2.75) is 5.38 Å². The van der Waals surface area contributed by atoms with Gasteiger partial charge in [-0.1, -0.05) is 51.3 Å². The van der Waals surface area contributed by atoms with Crippen LogP contribution in [0.5, 0.6) is 0 Å². The number of hydrogen-bond donors (Lipinski definition) is 0. The zero-order valence-electron chi connectivity index (χ0n) is 8.63. The van der Waals surface area contributed by atoms with Gasteiger partial charge in [0.25, 0.3) is 0 Å².